The molecule has 0 fully saturated rings. The highest BCUT2D eigenvalue weighted by Gasteiger charge is 2.15. The van der Waals surface area contributed by atoms with E-state index in [4.69, 9.17) is 4.74 Å². The van der Waals surface area contributed by atoms with Crippen LogP contribution in [0.1, 0.15) is 65.5 Å². The lowest BCUT2D eigenvalue weighted by Gasteiger charge is -2.19. The van der Waals surface area contributed by atoms with E-state index in [0.29, 0.717) is 17.7 Å². The summed E-state index contributed by atoms with van der Waals surface area (Å²) in [5.41, 5.74) is 8.14. The second-order valence-electron chi connectivity index (χ2n) is 9.82. The number of hydrazine groups is 1. The number of hydrogen-bond acceptors (Lipinski definition) is 5. The lowest BCUT2D eigenvalue weighted by Crippen LogP contribution is -2.41. The molecule has 38 heavy (non-hydrogen) atoms. The van der Waals surface area contributed by atoms with Gasteiger partial charge in [0.2, 0.25) is 5.91 Å². The molecule has 0 saturated heterocycles. The molecule has 0 atom stereocenters. The molecular weight excluding hydrogens is 482 g/mol. The average Bonchev–Trinajstić information content (AvgIpc) is 2.91. The topological polar surface area (TPSA) is 114 Å². The number of rotatable bonds is 9. The van der Waals surface area contributed by atoms with Crippen LogP contribution in [0.25, 0.3) is 0 Å². The average molecular weight is 516 g/mol. The Morgan fingerprint density at radius 3 is 1.95 bits per heavy atom. The van der Waals surface area contributed by atoms with Gasteiger partial charge >= 0.3 is 5.97 Å². The first-order valence-electron chi connectivity index (χ1n) is 12.4. The molecule has 8 nitrogen and oxygen atoms in total. The van der Waals surface area contributed by atoms with Crippen LogP contribution in [-0.2, 0) is 26.2 Å². The van der Waals surface area contributed by atoms with Gasteiger partial charge in [0, 0.05) is 29.7 Å². The molecule has 0 aliphatic carbocycles. The second-order valence-corrected chi connectivity index (χ2v) is 9.82. The largest absolute Gasteiger partial charge is 0.465 e. The van der Waals surface area contributed by atoms with Gasteiger partial charge in [-0.25, -0.2) is 0 Å². The molecule has 8 heteroatoms. The van der Waals surface area contributed by atoms with Crippen LogP contribution in [0.15, 0.2) is 78.9 Å². The van der Waals surface area contributed by atoms with Gasteiger partial charge in [-0.05, 0) is 52.9 Å². The SMILES string of the molecule is CC(C)(C)c1ccc(C(=O)Nc2ccc(C(=O)NNC(=O)CCC(=O)OCCc3ccccc3)cc2)cc1. The van der Waals surface area contributed by atoms with E-state index in [0.717, 1.165) is 11.1 Å². The number of benzene rings is 3. The Bertz CT molecular complexity index is 1250. The Kier molecular flexibility index (Phi) is 9.76. The summed E-state index contributed by atoms with van der Waals surface area (Å²) >= 11 is 0. The van der Waals surface area contributed by atoms with Crippen LogP contribution in [0.2, 0.25) is 0 Å². The molecule has 0 aliphatic heterocycles. The highest BCUT2D eigenvalue weighted by Crippen LogP contribution is 2.22. The van der Waals surface area contributed by atoms with Gasteiger partial charge in [0.05, 0.1) is 13.0 Å². The van der Waals surface area contributed by atoms with Crippen LogP contribution in [0.4, 0.5) is 5.69 Å². The minimum atomic E-state index is -0.528. The van der Waals surface area contributed by atoms with E-state index in [1.165, 1.54) is 12.1 Å². The molecule has 0 bridgehead atoms. The molecule has 198 valence electrons. The maximum atomic E-state index is 12.5. The van der Waals surface area contributed by atoms with Gasteiger partial charge in [-0.3, -0.25) is 30.0 Å². The fourth-order valence-electron chi connectivity index (χ4n) is 3.51. The zero-order valence-corrected chi connectivity index (χ0v) is 21.9. The second kappa shape index (κ2) is 13.2. The minimum Gasteiger partial charge on any atom is -0.465 e. The number of esters is 1. The van der Waals surface area contributed by atoms with E-state index in [9.17, 15) is 19.2 Å². The monoisotopic (exact) mass is 515 g/mol. The molecular formula is C30H33N3O5. The summed E-state index contributed by atoms with van der Waals surface area (Å²) in [5, 5.41) is 2.80. The fourth-order valence-corrected chi connectivity index (χ4v) is 3.51. The van der Waals surface area contributed by atoms with Crippen molar-refractivity contribution in [3.05, 3.63) is 101 Å². The van der Waals surface area contributed by atoms with Crippen molar-refractivity contribution in [2.75, 3.05) is 11.9 Å². The summed E-state index contributed by atoms with van der Waals surface area (Å²) in [4.78, 5) is 48.7. The van der Waals surface area contributed by atoms with Crippen molar-refractivity contribution in [3.8, 4) is 0 Å². The van der Waals surface area contributed by atoms with Gasteiger partial charge in [0.1, 0.15) is 0 Å². The van der Waals surface area contributed by atoms with Crippen LogP contribution in [-0.4, -0.2) is 30.3 Å². The van der Waals surface area contributed by atoms with Gasteiger partial charge in [0.15, 0.2) is 0 Å². The number of hydrogen-bond donors (Lipinski definition) is 3. The third kappa shape index (κ3) is 8.89. The summed E-state index contributed by atoms with van der Waals surface area (Å²) < 4.78 is 5.14. The van der Waals surface area contributed by atoms with E-state index in [-0.39, 0.29) is 36.3 Å². The Balaban J connectivity index is 1.37. The van der Waals surface area contributed by atoms with Gasteiger partial charge in [0.25, 0.3) is 11.8 Å². The minimum absolute atomic E-state index is 0.000638. The van der Waals surface area contributed by atoms with Gasteiger partial charge < -0.3 is 10.1 Å². The molecule has 3 N–H and O–H groups in total. The first-order valence-corrected chi connectivity index (χ1v) is 12.4. The standard InChI is InChI=1S/C30H33N3O5/c1-30(2,3)24-13-9-22(10-14-24)28(36)31-25-15-11-23(12-16-25)29(37)33-32-26(34)17-18-27(35)38-20-19-21-7-5-4-6-8-21/h4-16H,17-20H2,1-3H3,(H,31,36)(H,32,34)(H,33,37). The normalized spacial score (nSPS) is 10.8. The lowest BCUT2D eigenvalue weighted by atomic mass is 9.87. The Labute approximate surface area is 222 Å². The lowest BCUT2D eigenvalue weighted by molar-refractivity contribution is -0.144. The van der Waals surface area contributed by atoms with Gasteiger partial charge in [-0.15, -0.1) is 0 Å². The summed E-state index contributed by atoms with van der Waals surface area (Å²) in [6.07, 6.45) is 0.387. The Morgan fingerprint density at radius 2 is 1.32 bits per heavy atom. The van der Waals surface area contributed by atoms with Crippen molar-refractivity contribution < 1.29 is 23.9 Å². The molecule has 0 aliphatic rings. The highest BCUT2D eigenvalue weighted by atomic mass is 16.5. The summed E-state index contributed by atoms with van der Waals surface area (Å²) in [5.74, 6) is -1.78. The van der Waals surface area contributed by atoms with E-state index in [2.05, 4.69) is 36.9 Å². The van der Waals surface area contributed by atoms with Crippen molar-refractivity contribution in [3.63, 3.8) is 0 Å². The van der Waals surface area contributed by atoms with Crippen LogP contribution in [0.3, 0.4) is 0 Å². The van der Waals surface area contributed by atoms with Crippen LogP contribution >= 0.6 is 0 Å². The van der Waals surface area contributed by atoms with Crippen molar-refractivity contribution >= 4 is 29.4 Å². The highest BCUT2D eigenvalue weighted by molar-refractivity contribution is 6.04. The first-order chi connectivity index (χ1) is 18.1. The molecule has 0 spiro atoms. The zero-order valence-electron chi connectivity index (χ0n) is 21.9. The van der Waals surface area contributed by atoms with E-state index in [1.54, 1.807) is 24.3 Å². The molecule has 3 rings (SSSR count). The molecule has 0 radical (unpaired) electrons. The van der Waals surface area contributed by atoms with Crippen molar-refractivity contribution in [1.82, 2.24) is 10.9 Å². The van der Waals surface area contributed by atoms with Crippen LogP contribution < -0.4 is 16.2 Å². The van der Waals surface area contributed by atoms with Crippen molar-refractivity contribution in [2.24, 2.45) is 0 Å². The number of ether oxygens (including phenoxy) is 1. The first kappa shape index (κ1) is 28.1. The van der Waals surface area contributed by atoms with Crippen molar-refractivity contribution in [1.29, 1.82) is 0 Å². The van der Waals surface area contributed by atoms with E-state index >= 15 is 0 Å². The third-order valence-corrected chi connectivity index (χ3v) is 5.79. The Morgan fingerprint density at radius 1 is 0.711 bits per heavy atom. The van der Waals surface area contributed by atoms with E-state index < -0.39 is 17.8 Å². The van der Waals surface area contributed by atoms with Gasteiger partial charge in [-0.1, -0.05) is 63.2 Å². The zero-order chi connectivity index (χ0) is 27.5. The number of carbonyl (C=O) groups is 4. The molecule has 0 aromatic heterocycles. The van der Waals surface area contributed by atoms with Crippen LogP contribution in [0.5, 0.6) is 0 Å². The maximum absolute atomic E-state index is 12.5. The van der Waals surface area contributed by atoms with Crippen LogP contribution in [0, 0.1) is 0 Å². The van der Waals surface area contributed by atoms with E-state index in [1.807, 2.05) is 42.5 Å². The molecule has 0 unspecified atom stereocenters. The van der Waals surface area contributed by atoms with Crippen molar-refractivity contribution in [2.45, 2.75) is 45.4 Å². The van der Waals surface area contributed by atoms with Gasteiger partial charge in [-0.2, -0.15) is 0 Å². The smallest absolute Gasteiger partial charge is 0.306 e. The third-order valence-electron chi connectivity index (χ3n) is 5.79. The molecule has 0 saturated carbocycles. The summed E-state index contributed by atoms with van der Waals surface area (Å²) in [6, 6.07) is 23.3. The maximum Gasteiger partial charge on any atom is 0.306 e. The molecule has 0 heterocycles. The number of carbonyl (C=O) groups excluding carboxylic acids is 4. The number of anilines is 1. The number of nitrogens with one attached hydrogen (secondary N) is 3. The fraction of sp³-hybridized carbons (Fsp3) is 0.267. The predicted octanol–water partition coefficient (Wildman–Crippen LogP) is 4.56. The molecule has 3 aromatic carbocycles. The number of amides is 3. The Hall–Kier alpha value is -4.46. The molecule has 3 amide bonds. The predicted molar refractivity (Wildman–Crippen MR) is 145 cm³/mol. The summed E-state index contributed by atoms with van der Waals surface area (Å²) in [7, 11) is 0. The summed E-state index contributed by atoms with van der Waals surface area (Å²) in [6.45, 7) is 6.56. The quantitative estimate of drug-likeness (QED) is 0.286. The molecule has 3 aromatic rings.